The van der Waals surface area contributed by atoms with Crippen molar-refractivity contribution >= 4 is 28.7 Å². The van der Waals surface area contributed by atoms with Gasteiger partial charge in [0, 0.05) is 18.0 Å². The van der Waals surface area contributed by atoms with E-state index in [1.54, 1.807) is 0 Å². The molecule has 0 bridgehead atoms. The first-order valence-corrected chi connectivity index (χ1v) is 8.19. The number of thiophene rings is 1. The van der Waals surface area contributed by atoms with Crippen molar-refractivity contribution in [2.45, 2.75) is 25.9 Å². The fourth-order valence-corrected chi connectivity index (χ4v) is 3.95. The molecule has 0 amide bonds. The Kier molecular flexibility index (Phi) is 4.03. The van der Waals surface area contributed by atoms with Crippen molar-refractivity contribution in [3.63, 3.8) is 0 Å². The number of rotatable bonds is 2. The number of nitrogens with one attached hydrogen (secondary N) is 1. The maximum absolute atomic E-state index is 5.57. The number of thiocarbonyl (C=S) groups is 1. The molecule has 1 N–H and O–H groups in total. The van der Waals surface area contributed by atoms with Crippen LogP contribution in [0.2, 0.25) is 0 Å². The SMILES string of the molecule is C[C@H]1c2ccsc2CCN1C(=S)NCc1ccccc1. The molecule has 4 heteroatoms. The Morgan fingerprint density at radius 2 is 2.15 bits per heavy atom. The van der Waals surface area contributed by atoms with Crippen molar-refractivity contribution in [2.75, 3.05) is 6.54 Å². The zero-order valence-electron chi connectivity index (χ0n) is 11.5. The highest BCUT2D eigenvalue weighted by Crippen LogP contribution is 2.32. The molecule has 0 saturated carbocycles. The van der Waals surface area contributed by atoms with Crippen LogP contribution in [0.4, 0.5) is 0 Å². The van der Waals surface area contributed by atoms with E-state index in [1.165, 1.54) is 16.0 Å². The lowest BCUT2D eigenvalue weighted by atomic mass is 10.0. The Morgan fingerprint density at radius 1 is 1.35 bits per heavy atom. The summed E-state index contributed by atoms with van der Waals surface area (Å²) in [5.41, 5.74) is 2.70. The van der Waals surface area contributed by atoms with E-state index < -0.39 is 0 Å². The van der Waals surface area contributed by atoms with Gasteiger partial charge in [0.1, 0.15) is 0 Å². The van der Waals surface area contributed by atoms with Crippen molar-refractivity contribution in [2.24, 2.45) is 0 Å². The van der Waals surface area contributed by atoms with E-state index >= 15 is 0 Å². The van der Waals surface area contributed by atoms with E-state index in [1.807, 2.05) is 17.4 Å². The second-order valence-corrected chi connectivity index (χ2v) is 6.45. The second kappa shape index (κ2) is 5.94. The van der Waals surface area contributed by atoms with E-state index in [9.17, 15) is 0 Å². The largest absolute Gasteiger partial charge is 0.358 e. The van der Waals surface area contributed by atoms with Crippen molar-refractivity contribution < 1.29 is 0 Å². The molecule has 3 rings (SSSR count). The van der Waals surface area contributed by atoms with Gasteiger partial charge in [-0.1, -0.05) is 30.3 Å². The number of hydrogen-bond donors (Lipinski definition) is 1. The topological polar surface area (TPSA) is 15.3 Å². The number of fused-ring (bicyclic) bond motifs is 1. The highest BCUT2D eigenvalue weighted by Gasteiger charge is 2.26. The first-order chi connectivity index (χ1) is 9.75. The minimum absolute atomic E-state index is 0.376. The smallest absolute Gasteiger partial charge is 0.169 e. The standard InChI is InChI=1S/C16H18N2S2/c1-12-14-8-10-20-15(14)7-9-18(12)16(19)17-11-13-5-3-2-4-6-13/h2-6,8,10,12H,7,9,11H2,1H3,(H,17,19)/t12-/m0/s1. The molecule has 1 atom stereocenters. The van der Waals surface area contributed by atoms with E-state index in [2.05, 4.69) is 52.9 Å². The molecule has 2 aromatic rings. The molecule has 0 fully saturated rings. The van der Waals surface area contributed by atoms with E-state index in [4.69, 9.17) is 12.2 Å². The van der Waals surface area contributed by atoms with Gasteiger partial charge in [-0.2, -0.15) is 0 Å². The quantitative estimate of drug-likeness (QED) is 0.851. The number of hydrogen-bond acceptors (Lipinski definition) is 2. The average molecular weight is 302 g/mol. The van der Waals surface area contributed by atoms with Gasteiger partial charge in [-0.25, -0.2) is 0 Å². The summed E-state index contributed by atoms with van der Waals surface area (Å²) in [6, 6.07) is 13.0. The number of nitrogens with zero attached hydrogens (tertiary/aromatic N) is 1. The predicted octanol–water partition coefficient (Wildman–Crippen LogP) is 3.74. The molecule has 0 aliphatic carbocycles. The van der Waals surface area contributed by atoms with Crippen LogP contribution >= 0.6 is 23.6 Å². The molecule has 1 aromatic heterocycles. The maximum Gasteiger partial charge on any atom is 0.169 e. The van der Waals surface area contributed by atoms with Crippen molar-refractivity contribution in [1.29, 1.82) is 0 Å². The molecule has 0 spiro atoms. The first kappa shape index (κ1) is 13.6. The summed E-state index contributed by atoms with van der Waals surface area (Å²) in [6.07, 6.45) is 1.10. The fourth-order valence-electron chi connectivity index (χ4n) is 2.66. The van der Waals surface area contributed by atoms with Crippen LogP contribution in [0, 0.1) is 0 Å². The van der Waals surface area contributed by atoms with Crippen molar-refractivity contribution in [3.8, 4) is 0 Å². The van der Waals surface area contributed by atoms with Crippen LogP contribution in [-0.2, 0) is 13.0 Å². The molecule has 20 heavy (non-hydrogen) atoms. The molecule has 0 radical (unpaired) electrons. The summed E-state index contributed by atoms with van der Waals surface area (Å²) in [7, 11) is 0. The summed E-state index contributed by atoms with van der Waals surface area (Å²) in [4.78, 5) is 3.81. The Labute approximate surface area is 129 Å². The van der Waals surface area contributed by atoms with Gasteiger partial charge in [0.05, 0.1) is 6.04 Å². The van der Waals surface area contributed by atoms with E-state index in [-0.39, 0.29) is 0 Å². The van der Waals surface area contributed by atoms with Gasteiger partial charge in [-0.3, -0.25) is 0 Å². The molecule has 0 unspecified atom stereocenters. The molecule has 1 aliphatic heterocycles. The molecule has 1 aromatic carbocycles. The minimum atomic E-state index is 0.376. The predicted molar refractivity (Wildman–Crippen MR) is 89.0 cm³/mol. The summed E-state index contributed by atoms with van der Waals surface area (Å²) in [5, 5.41) is 6.43. The monoisotopic (exact) mass is 302 g/mol. The van der Waals surface area contributed by atoms with Crippen LogP contribution in [-0.4, -0.2) is 16.6 Å². The highest BCUT2D eigenvalue weighted by atomic mass is 32.1. The van der Waals surface area contributed by atoms with Crippen LogP contribution in [0.25, 0.3) is 0 Å². The zero-order valence-corrected chi connectivity index (χ0v) is 13.1. The lowest BCUT2D eigenvalue weighted by Crippen LogP contribution is -2.44. The molecule has 2 heterocycles. The Bertz CT molecular complexity index is 592. The minimum Gasteiger partial charge on any atom is -0.358 e. The molecule has 0 saturated heterocycles. The van der Waals surface area contributed by atoms with Crippen molar-refractivity contribution in [3.05, 3.63) is 57.8 Å². The van der Waals surface area contributed by atoms with E-state index in [0.29, 0.717) is 6.04 Å². The third-order valence-corrected chi connectivity index (χ3v) is 5.20. The summed E-state index contributed by atoms with van der Waals surface area (Å²) in [5.74, 6) is 0. The second-order valence-electron chi connectivity index (χ2n) is 5.06. The Morgan fingerprint density at radius 3 is 2.95 bits per heavy atom. The summed E-state index contributed by atoms with van der Waals surface area (Å²) < 4.78 is 0. The van der Waals surface area contributed by atoms with Crippen LogP contribution in [0.1, 0.15) is 29.0 Å². The Hall–Kier alpha value is -1.39. The molecule has 2 nitrogen and oxygen atoms in total. The van der Waals surface area contributed by atoms with Gasteiger partial charge in [-0.15, -0.1) is 11.3 Å². The van der Waals surface area contributed by atoms with Gasteiger partial charge in [-0.05, 0) is 48.1 Å². The summed E-state index contributed by atoms with van der Waals surface area (Å²) >= 11 is 7.43. The first-order valence-electron chi connectivity index (χ1n) is 6.90. The molecule has 1 aliphatic rings. The molecular weight excluding hydrogens is 284 g/mol. The van der Waals surface area contributed by atoms with Crippen LogP contribution in [0.3, 0.4) is 0 Å². The van der Waals surface area contributed by atoms with Gasteiger partial charge in [0.15, 0.2) is 5.11 Å². The average Bonchev–Trinajstić information content (AvgIpc) is 2.96. The number of benzene rings is 1. The maximum atomic E-state index is 5.57. The Balaban J connectivity index is 1.64. The molecule has 104 valence electrons. The van der Waals surface area contributed by atoms with Crippen LogP contribution in [0.5, 0.6) is 0 Å². The van der Waals surface area contributed by atoms with E-state index in [0.717, 1.165) is 24.6 Å². The van der Waals surface area contributed by atoms with Crippen LogP contribution < -0.4 is 5.32 Å². The van der Waals surface area contributed by atoms with Gasteiger partial charge >= 0.3 is 0 Å². The van der Waals surface area contributed by atoms with Crippen LogP contribution in [0.15, 0.2) is 41.8 Å². The van der Waals surface area contributed by atoms with Gasteiger partial charge < -0.3 is 10.2 Å². The zero-order chi connectivity index (χ0) is 13.9. The van der Waals surface area contributed by atoms with Gasteiger partial charge in [0.2, 0.25) is 0 Å². The van der Waals surface area contributed by atoms with Gasteiger partial charge in [0.25, 0.3) is 0 Å². The van der Waals surface area contributed by atoms with Crippen molar-refractivity contribution in [1.82, 2.24) is 10.2 Å². The molecular formula is C16H18N2S2. The fraction of sp³-hybridized carbons (Fsp3) is 0.312. The normalized spacial score (nSPS) is 17.6. The third-order valence-electron chi connectivity index (χ3n) is 3.82. The highest BCUT2D eigenvalue weighted by molar-refractivity contribution is 7.80. The third kappa shape index (κ3) is 2.72. The lowest BCUT2D eigenvalue weighted by Gasteiger charge is -2.35. The summed E-state index contributed by atoms with van der Waals surface area (Å²) in [6.45, 7) is 4.04. The lowest BCUT2D eigenvalue weighted by molar-refractivity contribution is 0.317.